The molecular weight excluding hydrogens is 392 g/mol. The number of benzene rings is 1. The number of nitrogens with zero attached hydrogens (tertiary/aromatic N) is 1. The normalized spacial score (nSPS) is 19.6. The van der Waals surface area contributed by atoms with Crippen molar-refractivity contribution >= 4 is 40.7 Å². The van der Waals surface area contributed by atoms with E-state index in [-0.39, 0.29) is 24.8 Å². The zero-order valence-corrected chi connectivity index (χ0v) is 14.6. The molecular formula is C13H18BrCl2F3N2. The molecule has 1 aliphatic rings. The minimum absolute atomic E-state index is 0. The van der Waals surface area contributed by atoms with Crippen LogP contribution in [0.3, 0.4) is 0 Å². The lowest BCUT2D eigenvalue weighted by atomic mass is 10.1. The van der Waals surface area contributed by atoms with Gasteiger partial charge in [0.2, 0.25) is 0 Å². The van der Waals surface area contributed by atoms with Crippen molar-refractivity contribution in [3.63, 3.8) is 0 Å². The second-order valence-corrected chi connectivity index (χ2v) is 5.75. The van der Waals surface area contributed by atoms with Gasteiger partial charge in [-0.1, -0.05) is 15.9 Å². The molecule has 0 aliphatic carbocycles. The van der Waals surface area contributed by atoms with Crippen LogP contribution < -0.4 is 5.32 Å². The van der Waals surface area contributed by atoms with Gasteiger partial charge in [0, 0.05) is 36.7 Å². The minimum atomic E-state index is -4.29. The molecule has 1 atom stereocenters. The highest BCUT2D eigenvalue weighted by Crippen LogP contribution is 2.32. The summed E-state index contributed by atoms with van der Waals surface area (Å²) in [6, 6.07) is 4.19. The predicted octanol–water partition coefficient (Wildman–Crippen LogP) is 4.11. The first-order valence-electron chi connectivity index (χ1n) is 6.17. The number of alkyl halides is 3. The molecule has 1 heterocycles. The molecule has 8 heteroatoms. The maximum absolute atomic E-state index is 12.7. The lowest BCUT2D eigenvalue weighted by molar-refractivity contribution is -0.137. The third kappa shape index (κ3) is 5.94. The van der Waals surface area contributed by atoms with Crippen LogP contribution in [0, 0.1) is 0 Å². The SMILES string of the molecule is C[C@H]1CN(Cc2cc(C(F)(F)F)ccc2Br)CCN1.Cl.Cl. The monoisotopic (exact) mass is 408 g/mol. The second kappa shape index (κ2) is 8.58. The molecule has 0 unspecified atom stereocenters. The third-order valence-corrected chi connectivity index (χ3v) is 3.99. The molecule has 21 heavy (non-hydrogen) atoms. The molecule has 1 aliphatic heterocycles. The molecule has 1 aromatic rings. The largest absolute Gasteiger partial charge is 0.416 e. The van der Waals surface area contributed by atoms with Gasteiger partial charge in [0.05, 0.1) is 5.56 Å². The maximum Gasteiger partial charge on any atom is 0.416 e. The van der Waals surface area contributed by atoms with Gasteiger partial charge in [-0.25, -0.2) is 0 Å². The zero-order chi connectivity index (χ0) is 14.0. The van der Waals surface area contributed by atoms with Crippen LogP contribution in [0.4, 0.5) is 13.2 Å². The van der Waals surface area contributed by atoms with Crippen LogP contribution in [0.2, 0.25) is 0 Å². The van der Waals surface area contributed by atoms with Crippen LogP contribution in [-0.2, 0) is 12.7 Å². The first-order chi connectivity index (χ1) is 8.86. The summed E-state index contributed by atoms with van der Waals surface area (Å²) in [7, 11) is 0. The van der Waals surface area contributed by atoms with Crippen molar-refractivity contribution in [3.8, 4) is 0 Å². The van der Waals surface area contributed by atoms with Gasteiger partial charge in [-0.2, -0.15) is 13.2 Å². The Morgan fingerprint density at radius 1 is 1.33 bits per heavy atom. The molecule has 1 fully saturated rings. The fraction of sp³-hybridized carbons (Fsp3) is 0.538. The van der Waals surface area contributed by atoms with E-state index in [4.69, 9.17) is 0 Å². The van der Waals surface area contributed by atoms with Gasteiger partial charge in [-0.05, 0) is 30.7 Å². The van der Waals surface area contributed by atoms with Crippen molar-refractivity contribution in [2.24, 2.45) is 0 Å². The summed E-state index contributed by atoms with van der Waals surface area (Å²) in [5, 5.41) is 3.31. The van der Waals surface area contributed by atoms with Gasteiger partial charge in [-0.15, -0.1) is 24.8 Å². The fourth-order valence-corrected chi connectivity index (χ4v) is 2.64. The highest BCUT2D eigenvalue weighted by Gasteiger charge is 2.31. The smallest absolute Gasteiger partial charge is 0.312 e. The van der Waals surface area contributed by atoms with E-state index in [0.29, 0.717) is 18.2 Å². The van der Waals surface area contributed by atoms with Crippen molar-refractivity contribution in [3.05, 3.63) is 33.8 Å². The zero-order valence-electron chi connectivity index (χ0n) is 11.4. The molecule has 0 spiro atoms. The van der Waals surface area contributed by atoms with Crippen LogP contribution in [0.25, 0.3) is 0 Å². The number of rotatable bonds is 2. The highest BCUT2D eigenvalue weighted by molar-refractivity contribution is 9.10. The Morgan fingerprint density at radius 3 is 2.57 bits per heavy atom. The first-order valence-corrected chi connectivity index (χ1v) is 6.97. The molecule has 0 aromatic heterocycles. The standard InChI is InChI=1S/C13H16BrF3N2.2ClH/c1-9-7-19(5-4-18-9)8-10-6-11(13(15,16)17)2-3-12(10)14;;/h2-3,6,9,18H,4-5,7-8H2,1H3;2*1H/t9-;;/m0../s1. The number of nitrogens with one attached hydrogen (secondary N) is 1. The summed E-state index contributed by atoms with van der Waals surface area (Å²) in [5.41, 5.74) is 0.0952. The Balaban J connectivity index is 0.00000200. The molecule has 0 amide bonds. The molecule has 1 aromatic carbocycles. The number of hydrogen-bond donors (Lipinski definition) is 1. The van der Waals surface area contributed by atoms with E-state index in [1.54, 1.807) is 0 Å². The fourth-order valence-electron chi connectivity index (χ4n) is 2.27. The Hall–Kier alpha value is -0.0100. The Bertz CT molecular complexity index is 458. The lowest BCUT2D eigenvalue weighted by Gasteiger charge is -2.32. The van der Waals surface area contributed by atoms with Crippen molar-refractivity contribution < 1.29 is 13.2 Å². The average molecular weight is 410 g/mol. The van der Waals surface area contributed by atoms with Gasteiger partial charge < -0.3 is 5.32 Å². The van der Waals surface area contributed by atoms with Crippen LogP contribution in [0.1, 0.15) is 18.1 Å². The van der Waals surface area contributed by atoms with Crippen molar-refractivity contribution in [1.29, 1.82) is 0 Å². The van der Waals surface area contributed by atoms with Gasteiger partial charge in [0.15, 0.2) is 0 Å². The molecule has 122 valence electrons. The quantitative estimate of drug-likeness (QED) is 0.790. The summed E-state index contributed by atoms with van der Waals surface area (Å²) in [6.45, 7) is 5.19. The first kappa shape index (κ1) is 21.0. The molecule has 2 nitrogen and oxygen atoms in total. The molecule has 0 saturated carbocycles. The van der Waals surface area contributed by atoms with Crippen LogP contribution in [-0.4, -0.2) is 30.6 Å². The van der Waals surface area contributed by atoms with E-state index in [0.717, 1.165) is 30.2 Å². The van der Waals surface area contributed by atoms with E-state index in [2.05, 4.69) is 33.1 Å². The predicted molar refractivity (Wildman–Crippen MR) is 86.4 cm³/mol. The summed E-state index contributed by atoms with van der Waals surface area (Å²) < 4.78 is 38.8. The minimum Gasteiger partial charge on any atom is -0.312 e. The Kier molecular flexibility index (Phi) is 8.57. The number of halogens is 6. The molecule has 1 saturated heterocycles. The molecule has 1 N–H and O–H groups in total. The second-order valence-electron chi connectivity index (χ2n) is 4.89. The van der Waals surface area contributed by atoms with Crippen molar-refractivity contribution in [2.45, 2.75) is 25.7 Å². The van der Waals surface area contributed by atoms with E-state index < -0.39 is 11.7 Å². The topological polar surface area (TPSA) is 15.3 Å². The summed E-state index contributed by atoms with van der Waals surface area (Å²) in [6.07, 6.45) is -4.29. The van der Waals surface area contributed by atoms with Gasteiger partial charge >= 0.3 is 6.18 Å². The summed E-state index contributed by atoms with van der Waals surface area (Å²) >= 11 is 3.33. The molecule has 0 radical (unpaired) electrons. The Morgan fingerprint density at radius 2 is 2.00 bits per heavy atom. The van der Waals surface area contributed by atoms with E-state index in [1.807, 2.05) is 0 Å². The third-order valence-electron chi connectivity index (χ3n) is 3.22. The van der Waals surface area contributed by atoms with E-state index in [9.17, 15) is 13.2 Å². The van der Waals surface area contributed by atoms with Crippen LogP contribution in [0.5, 0.6) is 0 Å². The van der Waals surface area contributed by atoms with Crippen molar-refractivity contribution in [2.75, 3.05) is 19.6 Å². The van der Waals surface area contributed by atoms with E-state index in [1.165, 1.54) is 12.1 Å². The number of hydrogen-bond acceptors (Lipinski definition) is 2. The lowest BCUT2D eigenvalue weighted by Crippen LogP contribution is -2.48. The van der Waals surface area contributed by atoms with Gasteiger partial charge in [-0.3, -0.25) is 4.90 Å². The maximum atomic E-state index is 12.7. The van der Waals surface area contributed by atoms with Gasteiger partial charge in [0.25, 0.3) is 0 Å². The average Bonchev–Trinajstić information content (AvgIpc) is 2.30. The Labute approximate surface area is 143 Å². The van der Waals surface area contributed by atoms with E-state index >= 15 is 0 Å². The summed E-state index contributed by atoms with van der Waals surface area (Å²) in [5.74, 6) is 0. The van der Waals surface area contributed by atoms with Crippen LogP contribution >= 0.6 is 40.7 Å². The summed E-state index contributed by atoms with van der Waals surface area (Å²) in [4.78, 5) is 2.17. The molecule has 2 rings (SSSR count). The van der Waals surface area contributed by atoms with Crippen molar-refractivity contribution in [1.82, 2.24) is 10.2 Å². The number of piperazine rings is 1. The van der Waals surface area contributed by atoms with Gasteiger partial charge in [0.1, 0.15) is 0 Å². The van der Waals surface area contributed by atoms with Crippen LogP contribution in [0.15, 0.2) is 22.7 Å². The molecule has 0 bridgehead atoms. The highest BCUT2D eigenvalue weighted by atomic mass is 79.9.